The molecule has 4 nitrogen and oxygen atoms in total. The van der Waals surface area contributed by atoms with E-state index in [0.29, 0.717) is 16.9 Å². The van der Waals surface area contributed by atoms with E-state index in [1.165, 1.54) is 13.2 Å². The van der Waals surface area contributed by atoms with E-state index < -0.39 is 11.9 Å². The van der Waals surface area contributed by atoms with Crippen molar-refractivity contribution in [2.75, 3.05) is 7.11 Å². The molecule has 0 saturated carbocycles. The van der Waals surface area contributed by atoms with Crippen LogP contribution in [0.5, 0.6) is 5.75 Å². The van der Waals surface area contributed by atoms with Gasteiger partial charge in [0.15, 0.2) is 0 Å². The molecular weight excluding hydrogens is 268 g/mol. The van der Waals surface area contributed by atoms with Crippen LogP contribution in [0.3, 0.4) is 0 Å². The van der Waals surface area contributed by atoms with Crippen molar-refractivity contribution in [3.8, 4) is 5.75 Å². The van der Waals surface area contributed by atoms with Gasteiger partial charge in [-0.15, -0.1) is 0 Å². The van der Waals surface area contributed by atoms with E-state index in [2.05, 4.69) is 4.74 Å². The van der Waals surface area contributed by atoms with Gasteiger partial charge in [-0.25, -0.2) is 9.59 Å². The zero-order valence-corrected chi connectivity index (χ0v) is 12.2. The fourth-order valence-corrected chi connectivity index (χ4v) is 2.05. The summed E-state index contributed by atoms with van der Waals surface area (Å²) in [6.07, 6.45) is 0. The number of esters is 2. The first-order valence-electron chi connectivity index (χ1n) is 6.48. The second-order valence-corrected chi connectivity index (χ2v) is 4.79. The monoisotopic (exact) mass is 284 g/mol. The van der Waals surface area contributed by atoms with E-state index in [9.17, 15) is 9.59 Å². The summed E-state index contributed by atoms with van der Waals surface area (Å²) in [5, 5.41) is 0. The van der Waals surface area contributed by atoms with Crippen LogP contribution in [0.1, 0.15) is 31.8 Å². The molecule has 0 saturated heterocycles. The Kier molecular flexibility index (Phi) is 4.38. The second kappa shape index (κ2) is 6.22. The molecule has 4 heteroatoms. The number of carbonyl (C=O) groups excluding carboxylic acids is 2. The van der Waals surface area contributed by atoms with E-state index in [1.807, 2.05) is 19.9 Å². The number of carbonyl (C=O) groups is 2. The van der Waals surface area contributed by atoms with Crippen molar-refractivity contribution in [2.45, 2.75) is 13.8 Å². The molecule has 0 aliphatic carbocycles. The summed E-state index contributed by atoms with van der Waals surface area (Å²) in [6.45, 7) is 3.87. The Bertz CT molecular complexity index is 669. The lowest BCUT2D eigenvalue weighted by Gasteiger charge is -2.07. The number of hydrogen-bond donors (Lipinski definition) is 0. The maximum atomic E-state index is 12.1. The van der Waals surface area contributed by atoms with Gasteiger partial charge in [-0.2, -0.15) is 0 Å². The third-order valence-corrected chi connectivity index (χ3v) is 2.93. The SMILES string of the molecule is COC(=O)c1cccc(C(=O)Oc2cc(C)cc(C)c2)c1. The van der Waals surface area contributed by atoms with Gasteiger partial charge >= 0.3 is 11.9 Å². The largest absolute Gasteiger partial charge is 0.465 e. The molecule has 0 unspecified atom stereocenters. The molecule has 2 aromatic rings. The Morgan fingerprint density at radius 3 is 2.00 bits per heavy atom. The number of hydrogen-bond acceptors (Lipinski definition) is 4. The minimum atomic E-state index is -0.509. The van der Waals surface area contributed by atoms with Crippen LogP contribution in [0.25, 0.3) is 0 Å². The molecule has 0 spiro atoms. The van der Waals surface area contributed by atoms with Gasteiger partial charge in [0.25, 0.3) is 0 Å². The Morgan fingerprint density at radius 2 is 1.43 bits per heavy atom. The van der Waals surface area contributed by atoms with Crippen molar-refractivity contribution >= 4 is 11.9 Å². The highest BCUT2D eigenvalue weighted by Crippen LogP contribution is 2.18. The van der Waals surface area contributed by atoms with Gasteiger partial charge < -0.3 is 9.47 Å². The van der Waals surface area contributed by atoms with Crippen molar-refractivity contribution in [1.29, 1.82) is 0 Å². The summed E-state index contributed by atoms with van der Waals surface area (Å²) in [4.78, 5) is 23.6. The topological polar surface area (TPSA) is 52.6 Å². The standard InChI is InChI=1S/C17H16O4/c1-11-7-12(2)9-15(8-11)21-17(19)14-6-4-5-13(10-14)16(18)20-3/h4-10H,1-3H3. The van der Waals surface area contributed by atoms with Crippen LogP contribution in [0.4, 0.5) is 0 Å². The van der Waals surface area contributed by atoms with Crippen LogP contribution in [-0.4, -0.2) is 19.0 Å². The Morgan fingerprint density at radius 1 is 0.857 bits per heavy atom. The summed E-state index contributed by atoms with van der Waals surface area (Å²) in [6, 6.07) is 11.8. The normalized spacial score (nSPS) is 10.0. The average Bonchev–Trinajstić information content (AvgIpc) is 2.45. The molecule has 0 aromatic heterocycles. The van der Waals surface area contributed by atoms with E-state index in [4.69, 9.17) is 4.74 Å². The maximum absolute atomic E-state index is 12.1. The lowest BCUT2D eigenvalue weighted by molar-refractivity contribution is 0.0600. The predicted octanol–water partition coefficient (Wildman–Crippen LogP) is 3.31. The number of aryl methyl sites for hydroxylation is 2. The van der Waals surface area contributed by atoms with Crippen LogP contribution in [0, 0.1) is 13.8 Å². The van der Waals surface area contributed by atoms with Crippen LogP contribution >= 0.6 is 0 Å². The zero-order valence-electron chi connectivity index (χ0n) is 12.2. The molecule has 0 N–H and O–H groups in total. The molecule has 21 heavy (non-hydrogen) atoms. The minimum Gasteiger partial charge on any atom is -0.465 e. The molecule has 2 rings (SSSR count). The van der Waals surface area contributed by atoms with E-state index in [0.717, 1.165) is 11.1 Å². The molecule has 0 atom stereocenters. The highest BCUT2D eigenvalue weighted by molar-refractivity contribution is 5.96. The molecule has 0 aliphatic heterocycles. The molecular formula is C17H16O4. The Labute approximate surface area is 123 Å². The van der Waals surface area contributed by atoms with Gasteiger partial charge in [-0.05, 0) is 55.3 Å². The third kappa shape index (κ3) is 3.69. The van der Waals surface area contributed by atoms with Crippen molar-refractivity contribution in [3.63, 3.8) is 0 Å². The lowest BCUT2D eigenvalue weighted by atomic mass is 10.1. The van der Waals surface area contributed by atoms with Crippen LogP contribution in [0.2, 0.25) is 0 Å². The molecule has 0 bridgehead atoms. The van der Waals surface area contributed by atoms with Crippen molar-refractivity contribution in [3.05, 3.63) is 64.7 Å². The first-order chi connectivity index (χ1) is 9.99. The minimum absolute atomic E-state index is 0.303. The van der Waals surface area contributed by atoms with Gasteiger partial charge in [0.2, 0.25) is 0 Å². The third-order valence-electron chi connectivity index (χ3n) is 2.93. The second-order valence-electron chi connectivity index (χ2n) is 4.79. The first kappa shape index (κ1) is 14.8. The number of ether oxygens (including phenoxy) is 2. The van der Waals surface area contributed by atoms with Gasteiger partial charge in [0, 0.05) is 0 Å². The van der Waals surface area contributed by atoms with Crippen LogP contribution in [0.15, 0.2) is 42.5 Å². The fourth-order valence-electron chi connectivity index (χ4n) is 2.05. The summed E-state index contributed by atoms with van der Waals surface area (Å²) in [5.41, 5.74) is 2.65. The van der Waals surface area contributed by atoms with E-state index in [1.54, 1.807) is 30.3 Å². The molecule has 0 amide bonds. The smallest absolute Gasteiger partial charge is 0.343 e. The Hall–Kier alpha value is -2.62. The summed E-state index contributed by atoms with van der Waals surface area (Å²) in [7, 11) is 1.29. The first-order valence-corrected chi connectivity index (χ1v) is 6.48. The van der Waals surface area contributed by atoms with E-state index >= 15 is 0 Å². The molecule has 2 aromatic carbocycles. The van der Waals surface area contributed by atoms with Crippen molar-refractivity contribution in [2.24, 2.45) is 0 Å². The van der Waals surface area contributed by atoms with Crippen LogP contribution in [-0.2, 0) is 4.74 Å². The average molecular weight is 284 g/mol. The highest BCUT2D eigenvalue weighted by Gasteiger charge is 2.12. The Balaban J connectivity index is 2.22. The van der Waals surface area contributed by atoms with Crippen LogP contribution < -0.4 is 4.74 Å². The molecule has 108 valence electrons. The predicted molar refractivity (Wildman–Crippen MR) is 78.7 cm³/mol. The van der Waals surface area contributed by atoms with E-state index in [-0.39, 0.29) is 0 Å². The van der Waals surface area contributed by atoms with Crippen molar-refractivity contribution in [1.82, 2.24) is 0 Å². The van der Waals surface area contributed by atoms with Gasteiger partial charge in [-0.3, -0.25) is 0 Å². The molecule has 0 heterocycles. The highest BCUT2D eigenvalue weighted by atomic mass is 16.5. The maximum Gasteiger partial charge on any atom is 0.343 e. The molecule has 0 radical (unpaired) electrons. The van der Waals surface area contributed by atoms with Gasteiger partial charge in [-0.1, -0.05) is 12.1 Å². The van der Waals surface area contributed by atoms with Crippen molar-refractivity contribution < 1.29 is 19.1 Å². The van der Waals surface area contributed by atoms with Gasteiger partial charge in [0.05, 0.1) is 18.2 Å². The lowest BCUT2D eigenvalue weighted by Crippen LogP contribution is -2.10. The molecule has 0 aliphatic rings. The van der Waals surface area contributed by atoms with Gasteiger partial charge in [0.1, 0.15) is 5.75 Å². The number of benzene rings is 2. The summed E-state index contributed by atoms with van der Waals surface area (Å²) in [5.74, 6) is -0.511. The summed E-state index contributed by atoms with van der Waals surface area (Å²) < 4.78 is 9.97. The zero-order chi connectivity index (χ0) is 15.4. The number of methoxy groups -OCH3 is 1. The quantitative estimate of drug-likeness (QED) is 0.641. The number of rotatable bonds is 3. The molecule has 0 fully saturated rings. The fraction of sp³-hybridized carbons (Fsp3) is 0.176. The summed E-state index contributed by atoms with van der Waals surface area (Å²) >= 11 is 0.